The van der Waals surface area contributed by atoms with Crippen molar-refractivity contribution in [3.05, 3.63) is 16.1 Å². The maximum absolute atomic E-state index is 5.48. The number of rotatable bonds is 2. The van der Waals surface area contributed by atoms with Crippen LogP contribution in [0.2, 0.25) is 0 Å². The maximum Gasteiger partial charge on any atom is 0.0968 e. The van der Waals surface area contributed by atoms with Crippen molar-refractivity contribution in [3.63, 3.8) is 0 Å². The van der Waals surface area contributed by atoms with E-state index in [0.29, 0.717) is 12.5 Å². The molecule has 0 bridgehead atoms. The SMILES string of the molecule is Cc1csc([C@H](C)CN)n1. The number of aromatic nitrogens is 1. The first-order chi connectivity index (χ1) is 4.74. The lowest BCUT2D eigenvalue weighted by atomic mass is 10.2. The summed E-state index contributed by atoms with van der Waals surface area (Å²) in [6.07, 6.45) is 0. The number of hydrogen-bond acceptors (Lipinski definition) is 3. The van der Waals surface area contributed by atoms with Crippen molar-refractivity contribution in [3.8, 4) is 0 Å². The van der Waals surface area contributed by atoms with Gasteiger partial charge in [-0.05, 0) is 6.92 Å². The summed E-state index contributed by atoms with van der Waals surface area (Å²) in [4.78, 5) is 4.32. The lowest BCUT2D eigenvalue weighted by Crippen LogP contribution is -2.08. The van der Waals surface area contributed by atoms with Gasteiger partial charge in [-0.25, -0.2) is 4.98 Å². The summed E-state index contributed by atoms with van der Waals surface area (Å²) in [6.45, 7) is 4.79. The highest BCUT2D eigenvalue weighted by Crippen LogP contribution is 2.17. The van der Waals surface area contributed by atoms with Gasteiger partial charge in [0, 0.05) is 23.5 Å². The molecule has 0 amide bonds. The lowest BCUT2D eigenvalue weighted by Gasteiger charge is -2.01. The minimum Gasteiger partial charge on any atom is -0.330 e. The summed E-state index contributed by atoms with van der Waals surface area (Å²) in [5, 5.41) is 3.21. The van der Waals surface area contributed by atoms with Crippen LogP contribution in [0.5, 0.6) is 0 Å². The Hall–Kier alpha value is -0.410. The molecule has 0 radical (unpaired) electrons. The zero-order valence-electron chi connectivity index (χ0n) is 6.29. The third kappa shape index (κ3) is 1.55. The number of aryl methyl sites for hydroxylation is 1. The zero-order chi connectivity index (χ0) is 7.56. The van der Waals surface area contributed by atoms with Crippen molar-refractivity contribution < 1.29 is 0 Å². The fourth-order valence-corrected chi connectivity index (χ4v) is 1.57. The molecular formula is C7H12N2S. The van der Waals surface area contributed by atoms with Gasteiger partial charge in [-0.3, -0.25) is 0 Å². The normalized spacial score (nSPS) is 13.5. The molecule has 0 aliphatic rings. The molecule has 3 heteroatoms. The number of nitrogens with two attached hydrogens (primary N) is 1. The zero-order valence-corrected chi connectivity index (χ0v) is 7.11. The maximum atomic E-state index is 5.48. The molecule has 1 rings (SSSR count). The van der Waals surface area contributed by atoms with E-state index in [9.17, 15) is 0 Å². The average Bonchev–Trinajstić information content (AvgIpc) is 2.34. The Bertz CT molecular complexity index is 207. The topological polar surface area (TPSA) is 38.9 Å². The van der Waals surface area contributed by atoms with Crippen molar-refractivity contribution in [1.29, 1.82) is 0 Å². The van der Waals surface area contributed by atoms with E-state index in [1.807, 2.05) is 6.92 Å². The summed E-state index contributed by atoms with van der Waals surface area (Å²) < 4.78 is 0. The molecule has 0 unspecified atom stereocenters. The van der Waals surface area contributed by atoms with Gasteiger partial charge in [0.25, 0.3) is 0 Å². The van der Waals surface area contributed by atoms with E-state index in [4.69, 9.17) is 5.73 Å². The molecule has 1 aromatic heterocycles. The van der Waals surface area contributed by atoms with Crippen LogP contribution in [0.4, 0.5) is 0 Å². The van der Waals surface area contributed by atoms with Gasteiger partial charge in [0.1, 0.15) is 0 Å². The Labute approximate surface area is 65.1 Å². The summed E-state index contributed by atoms with van der Waals surface area (Å²) >= 11 is 1.69. The van der Waals surface area contributed by atoms with Crippen LogP contribution in [0.15, 0.2) is 5.38 Å². The number of nitrogens with zero attached hydrogens (tertiary/aromatic N) is 1. The van der Waals surface area contributed by atoms with Crippen molar-refractivity contribution in [2.24, 2.45) is 5.73 Å². The minimum absolute atomic E-state index is 0.415. The van der Waals surface area contributed by atoms with Crippen LogP contribution in [-0.4, -0.2) is 11.5 Å². The lowest BCUT2D eigenvalue weighted by molar-refractivity contribution is 0.763. The third-order valence-corrected chi connectivity index (χ3v) is 2.61. The van der Waals surface area contributed by atoms with Gasteiger partial charge in [0.2, 0.25) is 0 Å². The van der Waals surface area contributed by atoms with E-state index in [0.717, 1.165) is 10.7 Å². The molecule has 0 fully saturated rings. The second kappa shape index (κ2) is 3.12. The van der Waals surface area contributed by atoms with E-state index in [2.05, 4.69) is 17.3 Å². The molecule has 1 heterocycles. The van der Waals surface area contributed by atoms with Crippen LogP contribution in [0.25, 0.3) is 0 Å². The summed E-state index contributed by atoms with van der Waals surface area (Å²) in [5.41, 5.74) is 6.58. The van der Waals surface area contributed by atoms with Gasteiger partial charge in [0.05, 0.1) is 5.01 Å². The van der Waals surface area contributed by atoms with E-state index in [-0.39, 0.29) is 0 Å². The van der Waals surface area contributed by atoms with Crippen molar-refractivity contribution in [2.75, 3.05) is 6.54 Å². The van der Waals surface area contributed by atoms with Gasteiger partial charge in [-0.2, -0.15) is 0 Å². The highest BCUT2D eigenvalue weighted by molar-refractivity contribution is 7.09. The third-order valence-electron chi connectivity index (χ3n) is 1.41. The molecule has 0 aliphatic heterocycles. The fraction of sp³-hybridized carbons (Fsp3) is 0.571. The highest BCUT2D eigenvalue weighted by Gasteiger charge is 2.05. The molecule has 56 valence electrons. The first kappa shape index (κ1) is 7.69. The van der Waals surface area contributed by atoms with Crippen molar-refractivity contribution in [1.82, 2.24) is 4.98 Å². The largest absolute Gasteiger partial charge is 0.330 e. The molecule has 1 atom stereocenters. The van der Waals surface area contributed by atoms with E-state index in [1.165, 1.54) is 0 Å². The highest BCUT2D eigenvalue weighted by atomic mass is 32.1. The van der Waals surface area contributed by atoms with Crippen LogP contribution in [-0.2, 0) is 0 Å². The monoisotopic (exact) mass is 156 g/mol. The van der Waals surface area contributed by atoms with Gasteiger partial charge in [-0.15, -0.1) is 11.3 Å². The minimum atomic E-state index is 0.415. The van der Waals surface area contributed by atoms with Crippen LogP contribution in [0.3, 0.4) is 0 Å². The van der Waals surface area contributed by atoms with Gasteiger partial charge < -0.3 is 5.73 Å². The smallest absolute Gasteiger partial charge is 0.0968 e. The van der Waals surface area contributed by atoms with E-state index in [1.54, 1.807) is 11.3 Å². The van der Waals surface area contributed by atoms with Crippen LogP contribution < -0.4 is 5.73 Å². The van der Waals surface area contributed by atoms with Gasteiger partial charge in [-0.1, -0.05) is 6.92 Å². The van der Waals surface area contributed by atoms with Crippen LogP contribution >= 0.6 is 11.3 Å². The van der Waals surface area contributed by atoms with E-state index >= 15 is 0 Å². The molecule has 0 saturated heterocycles. The Morgan fingerprint density at radius 1 is 1.80 bits per heavy atom. The summed E-state index contributed by atoms with van der Waals surface area (Å²) in [7, 11) is 0. The predicted octanol–water partition coefficient (Wildman–Crippen LogP) is 1.51. The predicted molar refractivity (Wildman–Crippen MR) is 44.3 cm³/mol. The first-order valence-corrected chi connectivity index (χ1v) is 4.24. The first-order valence-electron chi connectivity index (χ1n) is 3.36. The Morgan fingerprint density at radius 2 is 2.50 bits per heavy atom. The molecule has 2 N–H and O–H groups in total. The van der Waals surface area contributed by atoms with Crippen LogP contribution in [0.1, 0.15) is 23.5 Å². The average molecular weight is 156 g/mol. The standard InChI is InChI=1S/C7H12N2S/c1-5(3-8)7-9-6(2)4-10-7/h4-5H,3,8H2,1-2H3/t5-/m1/s1. The molecular weight excluding hydrogens is 144 g/mol. The quantitative estimate of drug-likeness (QED) is 0.705. The van der Waals surface area contributed by atoms with E-state index < -0.39 is 0 Å². The fourth-order valence-electron chi connectivity index (χ4n) is 0.699. The molecule has 10 heavy (non-hydrogen) atoms. The second-order valence-corrected chi connectivity index (χ2v) is 3.35. The Morgan fingerprint density at radius 3 is 2.90 bits per heavy atom. The molecule has 0 aromatic carbocycles. The number of hydrogen-bond donors (Lipinski definition) is 1. The summed E-state index contributed by atoms with van der Waals surface area (Å²) in [6, 6.07) is 0. The van der Waals surface area contributed by atoms with Gasteiger partial charge >= 0.3 is 0 Å². The Balaban J connectivity index is 2.74. The molecule has 0 saturated carbocycles. The second-order valence-electron chi connectivity index (χ2n) is 2.46. The number of thiazole rings is 1. The van der Waals surface area contributed by atoms with Crippen LogP contribution in [0, 0.1) is 6.92 Å². The van der Waals surface area contributed by atoms with Crippen molar-refractivity contribution >= 4 is 11.3 Å². The van der Waals surface area contributed by atoms with Gasteiger partial charge in [0.15, 0.2) is 0 Å². The molecule has 0 spiro atoms. The molecule has 0 aliphatic carbocycles. The Kier molecular flexibility index (Phi) is 2.40. The molecule has 1 aromatic rings. The van der Waals surface area contributed by atoms with Crippen molar-refractivity contribution in [2.45, 2.75) is 19.8 Å². The summed E-state index contributed by atoms with van der Waals surface area (Å²) in [5.74, 6) is 0.415. The molecule has 2 nitrogen and oxygen atoms in total.